The number of benzene rings is 2. The Hall–Kier alpha value is -3.48. The average molecular weight is 364 g/mol. The number of amides is 2. The van der Waals surface area contributed by atoms with Crippen LogP contribution in [0.15, 0.2) is 64.8 Å². The largest absolute Gasteiger partial charge is 0.489 e. The summed E-state index contributed by atoms with van der Waals surface area (Å²) in [6.07, 6.45) is 1.55. The summed E-state index contributed by atoms with van der Waals surface area (Å²) in [5, 5.41) is 7.73. The normalized spacial score (nSPS) is 16.1. The number of rotatable bonds is 7. The van der Waals surface area contributed by atoms with E-state index in [-0.39, 0.29) is 18.2 Å². The Labute approximate surface area is 157 Å². The summed E-state index contributed by atoms with van der Waals surface area (Å²) >= 11 is 0. The Morgan fingerprint density at radius 2 is 1.96 bits per heavy atom. The summed E-state index contributed by atoms with van der Waals surface area (Å²) in [7, 11) is 0. The van der Waals surface area contributed by atoms with E-state index >= 15 is 0 Å². The molecule has 3 rings (SSSR count). The van der Waals surface area contributed by atoms with Crippen LogP contribution in [0.2, 0.25) is 0 Å². The number of nitrogens with one attached hydrogen (secondary N) is 2. The molecule has 1 aliphatic heterocycles. The Bertz CT molecular complexity index is 861. The topological polar surface area (TPSA) is 92.2 Å². The third-order valence-electron chi connectivity index (χ3n) is 4.08. The smallest absolute Gasteiger partial charge is 0.249 e. The molecule has 27 heavy (non-hydrogen) atoms. The van der Waals surface area contributed by atoms with Gasteiger partial charge < -0.3 is 4.74 Å². The highest BCUT2D eigenvalue weighted by Gasteiger charge is 2.28. The van der Waals surface area contributed by atoms with Crippen molar-refractivity contribution in [2.75, 3.05) is 0 Å². The van der Waals surface area contributed by atoms with Gasteiger partial charge in [0.15, 0.2) is 0 Å². The Morgan fingerprint density at radius 3 is 2.63 bits per heavy atom. The van der Waals surface area contributed by atoms with E-state index in [9.17, 15) is 9.59 Å². The number of ether oxygens (including phenoxy) is 1. The minimum Gasteiger partial charge on any atom is -0.489 e. The fraction of sp³-hybridized carbons (Fsp3) is 0.200. The van der Waals surface area contributed by atoms with Gasteiger partial charge in [0.25, 0.3) is 0 Å². The van der Waals surface area contributed by atoms with Gasteiger partial charge in [-0.3, -0.25) is 9.59 Å². The molecule has 2 aromatic rings. The molecule has 138 valence electrons. The fourth-order valence-corrected chi connectivity index (χ4v) is 2.53. The zero-order valence-corrected chi connectivity index (χ0v) is 14.9. The van der Waals surface area contributed by atoms with Crippen LogP contribution in [0.1, 0.15) is 24.5 Å². The van der Waals surface area contributed by atoms with Gasteiger partial charge in [0.2, 0.25) is 11.8 Å². The molecule has 0 bridgehead atoms. The maximum absolute atomic E-state index is 11.9. The zero-order chi connectivity index (χ0) is 19.1. The first-order valence-corrected chi connectivity index (χ1v) is 8.54. The van der Waals surface area contributed by atoms with Crippen molar-refractivity contribution in [1.29, 1.82) is 0 Å². The van der Waals surface area contributed by atoms with Crippen LogP contribution >= 0.6 is 0 Å². The molecule has 0 aliphatic carbocycles. The molecule has 1 atom stereocenters. The van der Waals surface area contributed by atoms with E-state index in [0.717, 1.165) is 16.9 Å². The van der Waals surface area contributed by atoms with Crippen molar-refractivity contribution in [3.63, 3.8) is 0 Å². The van der Waals surface area contributed by atoms with Gasteiger partial charge in [0.05, 0.1) is 12.1 Å². The third kappa shape index (κ3) is 5.24. The van der Waals surface area contributed by atoms with E-state index in [0.29, 0.717) is 12.3 Å². The molecule has 0 radical (unpaired) electrons. The number of nitrogens with zero attached hydrogens (tertiary/aromatic N) is 2. The third-order valence-corrected chi connectivity index (χ3v) is 4.08. The summed E-state index contributed by atoms with van der Waals surface area (Å²) in [4.78, 5) is 23.4. The molecule has 2 N–H and O–H groups in total. The van der Waals surface area contributed by atoms with E-state index < -0.39 is 5.92 Å². The van der Waals surface area contributed by atoms with Crippen LogP contribution in [-0.4, -0.2) is 23.7 Å². The van der Waals surface area contributed by atoms with Crippen LogP contribution in [0.3, 0.4) is 0 Å². The highest BCUT2D eigenvalue weighted by atomic mass is 16.5. The van der Waals surface area contributed by atoms with Crippen molar-refractivity contribution in [3.05, 3.63) is 65.7 Å². The predicted octanol–water partition coefficient (Wildman–Crippen LogP) is 2.23. The van der Waals surface area contributed by atoms with Crippen molar-refractivity contribution < 1.29 is 14.3 Å². The van der Waals surface area contributed by atoms with Crippen molar-refractivity contribution >= 4 is 23.7 Å². The van der Waals surface area contributed by atoms with Gasteiger partial charge >= 0.3 is 0 Å². The van der Waals surface area contributed by atoms with E-state index in [4.69, 9.17) is 4.74 Å². The van der Waals surface area contributed by atoms with Crippen LogP contribution in [-0.2, 0) is 16.2 Å². The van der Waals surface area contributed by atoms with Crippen molar-refractivity contribution in [2.45, 2.75) is 20.0 Å². The molecule has 7 heteroatoms. The lowest BCUT2D eigenvalue weighted by molar-refractivity contribution is -0.127. The molecule has 0 saturated heterocycles. The van der Waals surface area contributed by atoms with Gasteiger partial charge in [-0.2, -0.15) is 10.2 Å². The lowest BCUT2D eigenvalue weighted by Gasteiger charge is -2.06. The second kappa shape index (κ2) is 8.75. The first kappa shape index (κ1) is 18.3. The molecule has 0 spiro atoms. The van der Waals surface area contributed by atoms with Gasteiger partial charge in [0.1, 0.15) is 12.4 Å². The first-order chi connectivity index (χ1) is 13.1. The molecule has 0 unspecified atom stereocenters. The molecule has 2 aromatic carbocycles. The number of hydrogen-bond acceptors (Lipinski definition) is 5. The van der Waals surface area contributed by atoms with E-state index in [1.165, 1.54) is 6.21 Å². The lowest BCUT2D eigenvalue weighted by Crippen LogP contribution is -2.29. The molecule has 7 nitrogen and oxygen atoms in total. The van der Waals surface area contributed by atoms with Gasteiger partial charge in [-0.1, -0.05) is 30.3 Å². The minimum atomic E-state index is -0.527. The summed E-state index contributed by atoms with van der Waals surface area (Å²) in [6.45, 7) is 2.21. The maximum atomic E-state index is 11.9. The Morgan fingerprint density at radius 1 is 1.22 bits per heavy atom. The van der Waals surface area contributed by atoms with Crippen LogP contribution < -0.4 is 15.6 Å². The number of hydrazone groups is 2. The highest BCUT2D eigenvalue weighted by molar-refractivity contribution is 6.09. The molecular weight excluding hydrogens is 344 g/mol. The first-order valence-electron chi connectivity index (χ1n) is 8.54. The summed E-state index contributed by atoms with van der Waals surface area (Å²) < 4.78 is 5.72. The Kier molecular flexibility index (Phi) is 5.94. The lowest BCUT2D eigenvalue weighted by atomic mass is 10.0. The molecule has 0 saturated carbocycles. The van der Waals surface area contributed by atoms with Crippen LogP contribution in [0.25, 0.3) is 0 Å². The van der Waals surface area contributed by atoms with Crippen LogP contribution in [0, 0.1) is 5.92 Å². The molecule has 1 aliphatic rings. The zero-order valence-electron chi connectivity index (χ0n) is 14.9. The van der Waals surface area contributed by atoms with E-state index in [1.54, 1.807) is 6.92 Å². The molecule has 0 fully saturated rings. The SMILES string of the molecule is CC1=NNC(=O)[C@H]1CC(=O)N/N=C/c1ccc(OCc2ccccc2)cc1. The summed E-state index contributed by atoms with van der Waals surface area (Å²) in [5.74, 6) is -0.383. The fourth-order valence-electron chi connectivity index (χ4n) is 2.53. The van der Waals surface area contributed by atoms with Gasteiger partial charge in [-0.15, -0.1) is 0 Å². The second-order valence-electron chi connectivity index (χ2n) is 6.12. The van der Waals surface area contributed by atoms with Crippen molar-refractivity contribution in [3.8, 4) is 5.75 Å². The van der Waals surface area contributed by atoms with Crippen molar-refractivity contribution in [2.24, 2.45) is 16.1 Å². The van der Waals surface area contributed by atoms with E-state index in [2.05, 4.69) is 21.1 Å². The number of carbonyl (C=O) groups excluding carboxylic acids is 2. The predicted molar refractivity (Wildman–Crippen MR) is 102 cm³/mol. The van der Waals surface area contributed by atoms with Gasteiger partial charge in [-0.25, -0.2) is 10.9 Å². The molecule has 1 heterocycles. The summed E-state index contributed by atoms with van der Waals surface area (Å²) in [5.41, 5.74) is 7.30. The number of carbonyl (C=O) groups is 2. The maximum Gasteiger partial charge on any atom is 0.249 e. The molecule has 0 aromatic heterocycles. The minimum absolute atomic E-state index is 0.0186. The molecular formula is C20H20N4O3. The quantitative estimate of drug-likeness (QED) is 0.583. The Balaban J connectivity index is 1.45. The van der Waals surface area contributed by atoms with Crippen LogP contribution in [0.5, 0.6) is 5.75 Å². The van der Waals surface area contributed by atoms with Gasteiger partial charge in [0, 0.05) is 12.1 Å². The van der Waals surface area contributed by atoms with Crippen LogP contribution in [0.4, 0.5) is 0 Å². The van der Waals surface area contributed by atoms with Gasteiger partial charge in [-0.05, 0) is 42.3 Å². The average Bonchev–Trinajstić information content (AvgIpc) is 3.00. The van der Waals surface area contributed by atoms with E-state index in [1.807, 2.05) is 54.6 Å². The number of hydrogen-bond donors (Lipinski definition) is 2. The second-order valence-corrected chi connectivity index (χ2v) is 6.12. The highest BCUT2D eigenvalue weighted by Crippen LogP contribution is 2.14. The van der Waals surface area contributed by atoms with Crippen molar-refractivity contribution in [1.82, 2.24) is 10.9 Å². The standard InChI is InChI=1S/C20H20N4O3/c1-14-18(20(26)24-22-14)11-19(25)23-21-12-15-7-9-17(10-8-15)27-13-16-5-3-2-4-6-16/h2-10,12,18H,11,13H2,1H3,(H,23,25)(H,24,26)/b21-12+/t18-/m0/s1. The monoisotopic (exact) mass is 364 g/mol. The molecule has 2 amide bonds. The summed E-state index contributed by atoms with van der Waals surface area (Å²) in [6, 6.07) is 17.3.